The van der Waals surface area contributed by atoms with Crippen LogP contribution in [0, 0.1) is 0 Å². The van der Waals surface area contributed by atoms with Gasteiger partial charge in [-0.05, 0) is 24.1 Å². The number of hydrogen-bond acceptors (Lipinski definition) is 1. The van der Waals surface area contributed by atoms with Crippen molar-refractivity contribution in [2.24, 2.45) is 0 Å². The molecule has 0 saturated heterocycles. The normalized spacial score (nSPS) is 13.7. The van der Waals surface area contributed by atoms with Crippen LogP contribution in [0.2, 0.25) is 5.02 Å². The molecule has 0 nitrogen and oxygen atoms in total. The third-order valence-electron chi connectivity index (χ3n) is 2.32. The van der Waals surface area contributed by atoms with Gasteiger partial charge in [-0.25, -0.2) is 0 Å². The summed E-state index contributed by atoms with van der Waals surface area (Å²) >= 11 is 7.11. The Labute approximate surface area is 109 Å². The molecule has 0 heterocycles. The lowest BCUT2D eigenvalue weighted by atomic mass is 10.1. The van der Waals surface area contributed by atoms with E-state index in [-0.39, 0.29) is 11.0 Å². The van der Waals surface area contributed by atoms with E-state index in [4.69, 9.17) is 11.6 Å². The number of hydrogen-bond donors (Lipinski definition) is 0. The van der Waals surface area contributed by atoms with Gasteiger partial charge >= 0.3 is 6.18 Å². The quantitative estimate of drug-likeness (QED) is 0.689. The molecule has 1 atom stereocenters. The Hall–Kier alpha value is -0.350. The predicted molar refractivity (Wildman–Crippen MR) is 67.6 cm³/mol. The maximum atomic E-state index is 12.0. The van der Waals surface area contributed by atoms with Crippen LogP contribution in [0.15, 0.2) is 24.3 Å². The molecule has 0 spiro atoms. The van der Waals surface area contributed by atoms with Gasteiger partial charge in [-0.15, -0.1) is 0 Å². The second kappa shape index (κ2) is 6.55. The first-order valence-corrected chi connectivity index (χ1v) is 6.79. The minimum Gasteiger partial charge on any atom is -0.171 e. The number of alkyl halides is 3. The molecule has 1 aromatic carbocycles. The lowest BCUT2D eigenvalue weighted by Crippen LogP contribution is -2.09. The molecule has 0 saturated carbocycles. The highest BCUT2D eigenvalue weighted by atomic mass is 35.5. The van der Waals surface area contributed by atoms with E-state index in [1.165, 1.54) is 11.8 Å². The molecular weight excluding hydrogens is 269 g/mol. The van der Waals surface area contributed by atoms with Crippen LogP contribution < -0.4 is 0 Å². The van der Waals surface area contributed by atoms with Crippen molar-refractivity contribution >= 4 is 23.4 Å². The fourth-order valence-electron chi connectivity index (χ4n) is 1.44. The van der Waals surface area contributed by atoms with Crippen molar-refractivity contribution in [1.29, 1.82) is 0 Å². The SMILES string of the molecule is CCC(SCCC(F)(F)F)c1ccc(Cl)cc1. The molecule has 0 fully saturated rings. The number of rotatable bonds is 5. The third kappa shape index (κ3) is 5.68. The molecule has 0 aliphatic heterocycles. The standard InChI is InChI=1S/C12H14ClF3S/c1-2-11(17-8-7-12(14,15)16)9-3-5-10(13)6-4-9/h3-6,11H,2,7-8H2,1H3. The first-order chi connectivity index (χ1) is 7.92. The van der Waals surface area contributed by atoms with Crippen molar-refractivity contribution in [2.45, 2.75) is 31.2 Å². The molecule has 0 aromatic heterocycles. The summed E-state index contributed by atoms with van der Waals surface area (Å²) in [5.74, 6) is 0.102. The third-order valence-corrected chi connectivity index (χ3v) is 4.02. The molecule has 0 amide bonds. The molecule has 1 unspecified atom stereocenters. The van der Waals surface area contributed by atoms with E-state index in [1.54, 1.807) is 12.1 Å². The number of halogens is 4. The van der Waals surface area contributed by atoms with Gasteiger partial charge in [0.25, 0.3) is 0 Å². The average molecular weight is 283 g/mol. The highest BCUT2D eigenvalue weighted by molar-refractivity contribution is 7.99. The van der Waals surface area contributed by atoms with Crippen molar-refractivity contribution in [3.8, 4) is 0 Å². The van der Waals surface area contributed by atoms with Crippen LogP contribution in [-0.4, -0.2) is 11.9 Å². The van der Waals surface area contributed by atoms with E-state index >= 15 is 0 Å². The highest BCUT2D eigenvalue weighted by Crippen LogP contribution is 2.34. The number of benzene rings is 1. The van der Waals surface area contributed by atoms with E-state index in [1.807, 2.05) is 19.1 Å². The molecule has 1 rings (SSSR count). The summed E-state index contributed by atoms with van der Waals surface area (Å²) in [5, 5.41) is 0.749. The minimum atomic E-state index is -4.06. The Morgan fingerprint density at radius 2 is 1.82 bits per heavy atom. The van der Waals surface area contributed by atoms with Crippen molar-refractivity contribution < 1.29 is 13.2 Å². The van der Waals surface area contributed by atoms with Crippen molar-refractivity contribution in [1.82, 2.24) is 0 Å². The monoisotopic (exact) mass is 282 g/mol. The Morgan fingerprint density at radius 1 is 1.24 bits per heavy atom. The molecule has 96 valence electrons. The largest absolute Gasteiger partial charge is 0.389 e. The highest BCUT2D eigenvalue weighted by Gasteiger charge is 2.27. The molecule has 0 bridgehead atoms. The van der Waals surface area contributed by atoms with E-state index in [0.29, 0.717) is 5.02 Å². The van der Waals surface area contributed by atoms with Crippen molar-refractivity contribution in [2.75, 3.05) is 5.75 Å². The Balaban J connectivity index is 2.51. The van der Waals surface area contributed by atoms with Crippen LogP contribution in [-0.2, 0) is 0 Å². The second-order valence-corrected chi connectivity index (χ2v) is 5.43. The first-order valence-electron chi connectivity index (χ1n) is 5.36. The molecule has 1 aromatic rings. The number of thioether (sulfide) groups is 1. The summed E-state index contributed by atoms with van der Waals surface area (Å²) in [6.45, 7) is 1.97. The Bertz CT molecular complexity index is 335. The fraction of sp³-hybridized carbons (Fsp3) is 0.500. The fourth-order valence-corrected chi connectivity index (χ4v) is 2.79. The van der Waals surface area contributed by atoms with Crippen LogP contribution in [0.5, 0.6) is 0 Å². The molecule has 0 aliphatic rings. The zero-order valence-corrected chi connectivity index (χ0v) is 11.0. The van der Waals surface area contributed by atoms with Gasteiger partial charge in [-0.2, -0.15) is 24.9 Å². The first kappa shape index (κ1) is 14.7. The Morgan fingerprint density at radius 3 is 2.29 bits per heavy atom. The van der Waals surface area contributed by atoms with Gasteiger partial charge in [-0.1, -0.05) is 30.7 Å². The Kier molecular flexibility index (Phi) is 5.67. The van der Waals surface area contributed by atoms with Gasteiger partial charge in [0.2, 0.25) is 0 Å². The van der Waals surface area contributed by atoms with E-state index < -0.39 is 12.6 Å². The smallest absolute Gasteiger partial charge is 0.171 e. The maximum absolute atomic E-state index is 12.0. The predicted octanol–water partition coefficient (Wildman–Crippen LogP) is 5.48. The molecule has 17 heavy (non-hydrogen) atoms. The second-order valence-electron chi connectivity index (χ2n) is 3.68. The summed E-state index contributed by atoms with van der Waals surface area (Å²) in [4.78, 5) is 0. The topological polar surface area (TPSA) is 0 Å². The summed E-state index contributed by atoms with van der Waals surface area (Å²) < 4.78 is 36.1. The van der Waals surface area contributed by atoms with Crippen molar-refractivity contribution in [3.63, 3.8) is 0 Å². The summed E-state index contributed by atoms with van der Waals surface area (Å²) in [5.41, 5.74) is 1.03. The molecule has 0 aliphatic carbocycles. The van der Waals surface area contributed by atoms with Crippen molar-refractivity contribution in [3.05, 3.63) is 34.9 Å². The van der Waals surface area contributed by atoms with E-state index in [2.05, 4.69) is 0 Å². The lowest BCUT2D eigenvalue weighted by molar-refractivity contribution is -0.129. The van der Waals surface area contributed by atoms with E-state index in [0.717, 1.165) is 12.0 Å². The molecule has 0 N–H and O–H groups in total. The van der Waals surface area contributed by atoms with E-state index in [9.17, 15) is 13.2 Å². The van der Waals surface area contributed by atoms with Crippen LogP contribution in [0.3, 0.4) is 0 Å². The lowest BCUT2D eigenvalue weighted by Gasteiger charge is -2.15. The molecular formula is C12H14ClF3S. The van der Waals surface area contributed by atoms with Crippen LogP contribution in [0.25, 0.3) is 0 Å². The van der Waals surface area contributed by atoms with Gasteiger partial charge in [0.05, 0.1) is 6.42 Å². The average Bonchev–Trinajstić information content (AvgIpc) is 2.24. The van der Waals surface area contributed by atoms with Gasteiger partial charge in [0, 0.05) is 16.0 Å². The van der Waals surface area contributed by atoms with Gasteiger partial charge in [0.1, 0.15) is 0 Å². The van der Waals surface area contributed by atoms with Crippen LogP contribution in [0.1, 0.15) is 30.6 Å². The van der Waals surface area contributed by atoms with Gasteiger partial charge in [-0.3, -0.25) is 0 Å². The summed E-state index contributed by atoms with van der Waals surface area (Å²) in [6.07, 6.45) is -3.99. The van der Waals surface area contributed by atoms with Crippen LogP contribution >= 0.6 is 23.4 Å². The summed E-state index contributed by atoms with van der Waals surface area (Å²) in [7, 11) is 0. The zero-order valence-electron chi connectivity index (χ0n) is 9.43. The van der Waals surface area contributed by atoms with Gasteiger partial charge < -0.3 is 0 Å². The zero-order chi connectivity index (χ0) is 12.9. The van der Waals surface area contributed by atoms with Gasteiger partial charge in [0.15, 0.2) is 0 Å². The minimum absolute atomic E-state index is 0.102. The molecule has 0 radical (unpaired) electrons. The summed E-state index contributed by atoms with van der Waals surface area (Å²) in [6, 6.07) is 7.28. The van der Waals surface area contributed by atoms with Crippen LogP contribution in [0.4, 0.5) is 13.2 Å². The maximum Gasteiger partial charge on any atom is 0.389 e. The molecule has 5 heteroatoms.